The van der Waals surface area contributed by atoms with Crippen molar-refractivity contribution in [3.8, 4) is 5.75 Å². The van der Waals surface area contributed by atoms with Crippen molar-refractivity contribution in [2.24, 2.45) is 4.99 Å². The summed E-state index contributed by atoms with van der Waals surface area (Å²) >= 11 is 21.5. The number of halogens is 4. The Balaban J connectivity index is 1.40. The third kappa shape index (κ3) is 6.49. The molecule has 1 heterocycles. The summed E-state index contributed by atoms with van der Waals surface area (Å²) in [5, 5.41) is 3.95. The van der Waals surface area contributed by atoms with E-state index in [1.54, 1.807) is 17.0 Å². The number of amidine groups is 1. The van der Waals surface area contributed by atoms with Gasteiger partial charge in [-0.25, -0.2) is 4.99 Å². The standard InChI is InChI=1S/C35H24Br2Cl2N2O2S/c1-20-10-12-26(17-30(20)38)40-35-41(27-13-11-21(2)31(39)18-27)34(42)32(44-35)15-24-14-25(36)16-29(37)33(24)43-19-23-8-5-7-22-6-3-4-9-28(22)23/h3-18H,19H2,1-2H3/b32-15+,40-35?. The highest BCUT2D eigenvalue weighted by Gasteiger charge is 2.35. The van der Waals surface area contributed by atoms with Crippen LogP contribution >= 0.6 is 66.8 Å². The van der Waals surface area contributed by atoms with Gasteiger partial charge in [0.15, 0.2) is 5.17 Å². The lowest BCUT2D eigenvalue weighted by Crippen LogP contribution is -2.28. The molecule has 9 heteroatoms. The molecule has 4 nitrogen and oxygen atoms in total. The summed E-state index contributed by atoms with van der Waals surface area (Å²) in [6.45, 7) is 4.21. The zero-order valence-corrected chi connectivity index (χ0v) is 29.1. The van der Waals surface area contributed by atoms with E-state index in [2.05, 4.69) is 56.1 Å². The molecule has 5 aromatic carbocycles. The minimum absolute atomic E-state index is 0.219. The monoisotopic (exact) mass is 764 g/mol. The van der Waals surface area contributed by atoms with E-state index >= 15 is 0 Å². The fourth-order valence-electron chi connectivity index (χ4n) is 4.81. The van der Waals surface area contributed by atoms with E-state index in [-0.39, 0.29) is 5.91 Å². The summed E-state index contributed by atoms with van der Waals surface area (Å²) < 4.78 is 8.05. The van der Waals surface area contributed by atoms with Gasteiger partial charge in [-0.05, 0) is 111 Å². The number of anilines is 1. The summed E-state index contributed by atoms with van der Waals surface area (Å²) in [6, 6.07) is 29.4. The van der Waals surface area contributed by atoms with Gasteiger partial charge < -0.3 is 4.74 Å². The Bertz CT molecular complexity index is 2010. The van der Waals surface area contributed by atoms with Crippen molar-refractivity contribution in [3.05, 3.63) is 137 Å². The van der Waals surface area contributed by atoms with Crippen molar-refractivity contribution in [2.45, 2.75) is 20.5 Å². The van der Waals surface area contributed by atoms with Crippen LogP contribution in [0.2, 0.25) is 10.0 Å². The van der Waals surface area contributed by atoms with Crippen LogP contribution in [0, 0.1) is 13.8 Å². The Hall–Kier alpha value is -3.07. The SMILES string of the molecule is Cc1ccc(N=C2S/C(=C/c3cc(Br)cc(Br)c3OCc3cccc4ccccc34)C(=O)N2c2ccc(C)c(Cl)c2)cc1Cl. The van der Waals surface area contributed by atoms with Crippen molar-refractivity contribution in [1.29, 1.82) is 0 Å². The van der Waals surface area contributed by atoms with E-state index in [1.807, 2.05) is 74.5 Å². The van der Waals surface area contributed by atoms with Crippen molar-refractivity contribution < 1.29 is 9.53 Å². The Kier molecular flexibility index (Phi) is 9.22. The van der Waals surface area contributed by atoms with Gasteiger partial charge in [-0.3, -0.25) is 9.69 Å². The Labute approximate surface area is 287 Å². The fourth-order valence-corrected chi connectivity index (χ4v) is 7.52. The van der Waals surface area contributed by atoms with Crippen LogP contribution in [-0.2, 0) is 11.4 Å². The minimum atomic E-state index is -0.219. The molecule has 0 unspecified atom stereocenters. The molecule has 6 rings (SSSR count). The molecule has 220 valence electrons. The van der Waals surface area contributed by atoms with Crippen LogP contribution in [0.3, 0.4) is 0 Å². The summed E-state index contributed by atoms with van der Waals surface area (Å²) in [5.74, 6) is 0.408. The van der Waals surface area contributed by atoms with Gasteiger partial charge in [0, 0.05) is 20.1 Å². The van der Waals surface area contributed by atoms with E-state index in [4.69, 9.17) is 32.9 Å². The van der Waals surface area contributed by atoms with Crippen LogP contribution in [0.25, 0.3) is 16.8 Å². The molecule has 0 aromatic heterocycles. The molecule has 0 aliphatic carbocycles. The summed E-state index contributed by atoms with van der Waals surface area (Å²) in [4.78, 5) is 21.0. The Morgan fingerprint density at radius 2 is 1.61 bits per heavy atom. The van der Waals surface area contributed by atoms with Gasteiger partial charge in [-0.2, -0.15) is 0 Å². The van der Waals surface area contributed by atoms with Gasteiger partial charge >= 0.3 is 0 Å². The maximum absolute atomic E-state index is 14.1. The second kappa shape index (κ2) is 13.1. The normalized spacial score (nSPS) is 15.1. The second-order valence-electron chi connectivity index (χ2n) is 10.2. The van der Waals surface area contributed by atoms with Gasteiger partial charge in [0.1, 0.15) is 12.4 Å². The molecule has 5 aromatic rings. The maximum Gasteiger partial charge on any atom is 0.271 e. The number of carbonyl (C=O) groups excluding carboxylic acids is 1. The molecule has 1 fully saturated rings. The van der Waals surface area contributed by atoms with Crippen LogP contribution in [0.15, 0.2) is 110 Å². The quantitative estimate of drug-likeness (QED) is 0.162. The van der Waals surface area contributed by atoms with Crippen LogP contribution in [0.1, 0.15) is 22.3 Å². The van der Waals surface area contributed by atoms with Gasteiger partial charge in [0.05, 0.1) is 20.8 Å². The van der Waals surface area contributed by atoms with Crippen molar-refractivity contribution in [3.63, 3.8) is 0 Å². The second-order valence-corrected chi connectivity index (χ2v) is 13.8. The summed E-state index contributed by atoms with van der Waals surface area (Å²) in [7, 11) is 0. The molecule has 0 radical (unpaired) electrons. The average Bonchev–Trinajstić information content (AvgIpc) is 3.29. The van der Waals surface area contributed by atoms with Gasteiger partial charge in [-0.15, -0.1) is 0 Å². The first-order valence-corrected chi connectivity index (χ1v) is 16.8. The minimum Gasteiger partial charge on any atom is -0.487 e. The lowest BCUT2D eigenvalue weighted by atomic mass is 10.1. The number of fused-ring (bicyclic) bond motifs is 1. The lowest BCUT2D eigenvalue weighted by Gasteiger charge is -2.17. The predicted octanol–water partition coefficient (Wildman–Crippen LogP) is 11.7. The number of hydrogen-bond acceptors (Lipinski definition) is 4. The first-order chi connectivity index (χ1) is 21.2. The molecule has 1 aliphatic rings. The van der Waals surface area contributed by atoms with Gasteiger partial charge in [-0.1, -0.05) is 93.7 Å². The number of aliphatic imine (C=N–C) groups is 1. The third-order valence-corrected chi connectivity index (χ3v) is 10.0. The lowest BCUT2D eigenvalue weighted by molar-refractivity contribution is -0.113. The fraction of sp³-hybridized carbons (Fsp3) is 0.0857. The van der Waals surface area contributed by atoms with E-state index < -0.39 is 0 Å². The first kappa shape index (κ1) is 30.9. The highest BCUT2D eigenvalue weighted by atomic mass is 79.9. The zero-order valence-electron chi connectivity index (χ0n) is 23.6. The number of rotatable bonds is 6. The average molecular weight is 767 g/mol. The van der Waals surface area contributed by atoms with Crippen LogP contribution in [0.5, 0.6) is 5.75 Å². The molecule has 0 spiro atoms. The van der Waals surface area contributed by atoms with Crippen molar-refractivity contribution >= 4 is 106 Å². The molecule has 1 aliphatic heterocycles. The van der Waals surface area contributed by atoms with Crippen LogP contribution in [-0.4, -0.2) is 11.1 Å². The molecular formula is C35H24Br2Cl2N2O2S. The number of benzene rings is 5. The van der Waals surface area contributed by atoms with Crippen molar-refractivity contribution in [2.75, 3.05) is 4.90 Å². The van der Waals surface area contributed by atoms with E-state index in [0.717, 1.165) is 42.0 Å². The zero-order chi connectivity index (χ0) is 31.0. The van der Waals surface area contributed by atoms with E-state index in [9.17, 15) is 4.79 Å². The highest BCUT2D eigenvalue weighted by Crippen LogP contribution is 2.42. The topological polar surface area (TPSA) is 41.9 Å². The molecule has 44 heavy (non-hydrogen) atoms. The third-order valence-electron chi connectivity index (χ3n) is 7.18. The van der Waals surface area contributed by atoms with E-state index in [0.29, 0.717) is 43.8 Å². The Morgan fingerprint density at radius 1 is 0.886 bits per heavy atom. The van der Waals surface area contributed by atoms with Crippen LogP contribution < -0.4 is 9.64 Å². The molecule has 1 amide bonds. The predicted molar refractivity (Wildman–Crippen MR) is 193 cm³/mol. The highest BCUT2D eigenvalue weighted by molar-refractivity contribution is 9.11. The maximum atomic E-state index is 14.1. The largest absolute Gasteiger partial charge is 0.487 e. The first-order valence-electron chi connectivity index (χ1n) is 13.6. The molecule has 0 saturated carbocycles. The summed E-state index contributed by atoms with van der Waals surface area (Å²) in [6.07, 6.45) is 1.84. The number of amides is 1. The molecular weight excluding hydrogens is 743 g/mol. The van der Waals surface area contributed by atoms with Crippen molar-refractivity contribution in [1.82, 2.24) is 0 Å². The summed E-state index contributed by atoms with van der Waals surface area (Å²) in [5.41, 5.74) is 4.94. The molecule has 0 N–H and O–H groups in total. The number of hydrogen-bond donors (Lipinski definition) is 0. The number of ether oxygens (including phenoxy) is 1. The number of carbonyl (C=O) groups is 1. The molecule has 1 saturated heterocycles. The molecule has 0 atom stereocenters. The van der Waals surface area contributed by atoms with Crippen LogP contribution in [0.4, 0.5) is 11.4 Å². The number of thioether (sulfide) groups is 1. The van der Waals surface area contributed by atoms with Gasteiger partial charge in [0.25, 0.3) is 5.91 Å². The number of aryl methyl sites for hydroxylation is 2. The van der Waals surface area contributed by atoms with E-state index in [1.165, 1.54) is 11.8 Å². The smallest absolute Gasteiger partial charge is 0.271 e. The Morgan fingerprint density at radius 3 is 2.39 bits per heavy atom. The molecule has 0 bridgehead atoms. The van der Waals surface area contributed by atoms with Gasteiger partial charge in [0.2, 0.25) is 0 Å². The number of nitrogens with zero attached hydrogens (tertiary/aromatic N) is 2.